The molecular formula is C21H19N3O. The minimum absolute atomic E-state index is 0.0520. The number of aryl methyl sites for hydroxylation is 1. The summed E-state index contributed by atoms with van der Waals surface area (Å²) in [4.78, 5) is 19.1. The van der Waals surface area contributed by atoms with Gasteiger partial charge in [0.05, 0.1) is 0 Å². The van der Waals surface area contributed by atoms with Gasteiger partial charge in [0.15, 0.2) is 0 Å². The molecular weight excluding hydrogens is 310 g/mol. The molecule has 0 saturated heterocycles. The Kier molecular flexibility index (Phi) is 4.17. The maximum atomic E-state index is 13.0. The fourth-order valence-electron chi connectivity index (χ4n) is 3.20. The lowest BCUT2D eigenvalue weighted by molar-refractivity contribution is 0.0980. The van der Waals surface area contributed by atoms with Crippen molar-refractivity contribution in [1.82, 2.24) is 4.98 Å². The van der Waals surface area contributed by atoms with Gasteiger partial charge < -0.3 is 10.2 Å². The average Bonchev–Trinajstić information content (AvgIpc) is 2.68. The third-order valence-electron chi connectivity index (χ3n) is 4.40. The summed E-state index contributed by atoms with van der Waals surface area (Å²) in [5, 5.41) is 3.31. The summed E-state index contributed by atoms with van der Waals surface area (Å²) in [6.07, 6.45) is 3.67. The minimum atomic E-state index is -0.0520. The van der Waals surface area contributed by atoms with Crippen LogP contribution in [0.2, 0.25) is 0 Å². The van der Waals surface area contributed by atoms with Crippen LogP contribution >= 0.6 is 0 Å². The predicted molar refractivity (Wildman–Crippen MR) is 100 cm³/mol. The Balaban J connectivity index is 1.60. The van der Waals surface area contributed by atoms with Crippen LogP contribution in [0.3, 0.4) is 0 Å². The van der Waals surface area contributed by atoms with Gasteiger partial charge >= 0.3 is 0 Å². The number of amides is 1. The molecule has 1 aromatic heterocycles. The molecule has 2 heterocycles. The molecule has 0 saturated carbocycles. The third-order valence-corrected chi connectivity index (χ3v) is 4.40. The van der Waals surface area contributed by atoms with E-state index in [0.717, 1.165) is 36.4 Å². The molecule has 0 unspecified atom stereocenters. The molecule has 0 bridgehead atoms. The van der Waals surface area contributed by atoms with Crippen molar-refractivity contribution in [3.8, 4) is 0 Å². The zero-order valence-corrected chi connectivity index (χ0v) is 13.9. The number of benzene rings is 2. The Labute approximate surface area is 147 Å². The number of hydrogen-bond acceptors (Lipinski definition) is 3. The highest BCUT2D eigenvalue weighted by atomic mass is 16.2. The number of nitrogens with zero attached hydrogens (tertiary/aromatic N) is 2. The molecule has 4 heteroatoms. The Bertz CT molecular complexity index is 892. The van der Waals surface area contributed by atoms with Crippen molar-refractivity contribution in [2.45, 2.75) is 12.8 Å². The van der Waals surface area contributed by atoms with Gasteiger partial charge in [0.1, 0.15) is 5.69 Å². The fraction of sp³-hybridized carbons (Fsp3) is 0.143. The first-order chi connectivity index (χ1) is 12.3. The van der Waals surface area contributed by atoms with Crippen molar-refractivity contribution in [2.75, 3.05) is 16.8 Å². The number of carbonyl (C=O) groups excluding carboxylic acids is 1. The molecule has 1 aliphatic rings. The van der Waals surface area contributed by atoms with Gasteiger partial charge in [-0.05, 0) is 48.7 Å². The van der Waals surface area contributed by atoms with Crippen LogP contribution < -0.4 is 10.2 Å². The molecule has 124 valence electrons. The largest absolute Gasteiger partial charge is 0.355 e. The molecule has 1 N–H and O–H groups in total. The second-order valence-corrected chi connectivity index (χ2v) is 6.11. The maximum absolute atomic E-state index is 13.0. The van der Waals surface area contributed by atoms with Crippen LogP contribution in [0.25, 0.3) is 0 Å². The lowest BCUT2D eigenvalue weighted by Crippen LogP contribution is -2.35. The summed E-state index contributed by atoms with van der Waals surface area (Å²) < 4.78 is 0. The van der Waals surface area contributed by atoms with Crippen LogP contribution in [-0.2, 0) is 6.42 Å². The number of nitrogens with one attached hydrogen (secondary N) is 1. The van der Waals surface area contributed by atoms with Crippen molar-refractivity contribution in [3.05, 3.63) is 84.2 Å². The molecule has 3 aromatic rings. The van der Waals surface area contributed by atoms with Gasteiger partial charge in [-0.1, -0.05) is 36.4 Å². The molecule has 0 aliphatic carbocycles. The standard InChI is InChI=1S/C21H19N3O/c25-21(24-14-6-8-16-7-4-5-11-20(16)24)19-15-18(12-13-22-19)23-17-9-2-1-3-10-17/h1-5,7,9-13,15H,6,8,14H2,(H,22,23). The number of carbonyl (C=O) groups is 1. The number of pyridine rings is 1. The smallest absolute Gasteiger partial charge is 0.276 e. The maximum Gasteiger partial charge on any atom is 0.276 e. The van der Waals surface area contributed by atoms with Gasteiger partial charge in [0.25, 0.3) is 5.91 Å². The van der Waals surface area contributed by atoms with E-state index in [9.17, 15) is 4.79 Å². The number of fused-ring (bicyclic) bond motifs is 1. The summed E-state index contributed by atoms with van der Waals surface area (Å²) in [5.74, 6) is -0.0520. The Morgan fingerprint density at radius 1 is 0.960 bits per heavy atom. The van der Waals surface area contributed by atoms with Crippen molar-refractivity contribution in [1.29, 1.82) is 0 Å². The first kappa shape index (κ1) is 15.4. The van der Waals surface area contributed by atoms with Crippen LogP contribution in [0.1, 0.15) is 22.5 Å². The van der Waals surface area contributed by atoms with Crippen molar-refractivity contribution in [2.24, 2.45) is 0 Å². The second kappa shape index (κ2) is 6.77. The van der Waals surface area contributed by atoms with Gasteiger partial charge in [0, 0.05) is 29.8 Å². The first-order valence-corrected chi connectivity index (χ1v) is 8.49. The molecule has 4 nitrogen and oxygen atoms in total. The van der Waals surface area contributed by atoms with E-state index in [1.54, 1.807) is 6.20 Å². The lowest BCUT2D eigenvalue weighted by atomic mass is 10.0. The number of rotatable bonds is 3. The van der Waals surface area contributed by atoms with E-state index in [4.69, 9.17) is 0 Å². The topological polar surface area (TPSA) is 45.2 Å². The van der Waals surface area contributed by atoms with E-state index >= 15 is 0 Å². The Hall–Kier alpha value is -3.14. The number of aromatic nitrogens is 1. The van der Waals surface area contributed by atoms with Crippen LogP contribution in [0.5, 0.6) is 0 Å². The third kappa shape index (κ3) is 3.24. The molecule has 0 spiro atoms. The minimum Gasteiger partial charge on any atom is -0.355 e. The highest BCUT2D eigenvalue weighted by Gasteiger charge is 2.24. The SMILES string of the molecule is O=C(c1cc(Nc2ccccc2)ccn1)N1CCCc2ccccc21. The highest BCUT2D eigenvalue weighted by Crippen LogP contribution is 2.28. The summed E-state index contributed by atoms with van der Waals surface area (Å²) in [6, 6.07) is 21.7. The van der Waals surface area contributed by atoms with Crippen LogP contribution in [0.15, 0.2) is 72.9 Å². The zero-order chi connectivity index (χ0) is 17.1. The van der Waals surface area contributed by atoms with E-state index in [0.29, 0.717) is 5.69 Å². The van der Waals surface area contributed by atoms with E-state index < -0.39 is 0 Å². The van der Waals surface area contributed by atoms with Crippen LogP contribution in [0, 0.1) is 0 Å². The summed E-state index contributed by atoms with van der Waals surface area (Å²) in [6.45, 7) is 0.730. The van der Waals surface area contributed by atoms with Gasteiger partial charge in [-0.2, -0.15) is 0 Å². The second-order valence-electron chi connectivity index (χ2n) is 6.11. The Morgan fingerprint density at radius 2 is 1.76 bits per heavy atom. The van der Waals surface area contributed by atoms with Gasteiger partial charge in [-0.15, -0.1) is 0 Å². The number of para-hydroxylation sites is 2. The van der Waals surface area contributed by atoms with E-state index in [1.165, 1.54) is 5.56 Å². The van der Waals surface area contributed by atoms with Gasteiger partial charge in [0.2, 0.25) is 0 Å². The summed E-state index contributed by atoms with van der Waals surface area (Å²) in [5.41, 5.74) is 4.52. The van der Waals surface area contributed by atoms with Crippen molar-refractivity contribution < 1.29 is 4.79 Å². The Morgan fingerprint density at radius 3 is 2.64 bits per heavy atom. The van der Waals surface area contributed by atoms with E-state index in [-0.39, 0.29) is 5.91 Å². The molecule has 2 aromatic carbocycles. The molecule has 0 fully saturated rings. The normalized spacial score (nSPS) is 13.2. The first-order valence-electron chi connectivity index (χ1n) is 8.49. The molecule has 4 rings (SSSR count). The summed E-state index contributed by atoms with van der Waals surface area (Å²) in [7, 11) is 0. The van der Waals surface area contributed by atoms with E-state index in [2.05, 4.69) is 16.4 Å². The predicted octanol–water partition coefficient (Wildman–Crippen LogP) is 4.42. The molecule has 25 heavy (non-hydrogen) atoms. The fourth-order valence-corrected chi connectivity index (χ4v) is 3.20. The molecule has 1 aliphatic heterocycles. The quantitative estimate of drug-likeness (QED) is 0.774. The number of hydrogen-bond donors (Lipinski definition) is 1. The number of anilines is 3. The zero-order valence-electron chi connectivity index (χ0n) is 13.9. The molecule has 1 amide bonds. The van der Waals surface area contributed by atoms with Crippen LogP contribution in [0.4, 0.5) is 17.1 Å². The average molecular weight is 329 g/mol. The monoisotopic (exact) mass is 329 g/mol. The van der Waals surface area contributed by atoms with Gasteiger partial charge in [-0.3, -0.25) is 9.78 Å². The van der Waals surface area contributed by atoms with Gasteiger partial charge in [-0.25, -0.2) is 0 Å². The van der Waals surface area contributed by atoms with E-state index in [1.807, 2.05) is 65.6 Å². The highest BCUT2D eigenvalue weighted by molar-refractivity contribution is 6.06. The molecule has 0 radical (unpaired) electrons. The molecule has 0 atom stereocenters. The summed E-state index contributed by atoms with van der Waals surface area (Å²) >= 11 is 0. The van der Waals surface area contributed by atoms with Crippen molar-refractivity contribution >= 4 is 23.0 Å². The van der Waals surface area contributed by atoms with Crippen LogP contribution in [-0.4, -0.2) is 17.4 Å². The lowest BCUT2D eigenvalue weighted by Gasteiger charge is -2.29. The van der Waals surface area contributed by atoms with Crippen molar-refractivity contribution in [3.63, 3.8) is 0 Å².